The van der Waals surface area contributed by atoms with Crippen LogP contribution in [0.4, 0.5) is 5.69 Å². The van der Waals surface area contributed by atoms with Gasteiger partial charge >= 0.3 is 0 Å². The number of aryl methyl sites for hydroxylation is 1. The van der Waals surface area contributed by atoms with E-state index in [1.54, 1.807) is 32.0 Å². The summed E-state index contributed by atoms with van der Waals surface area (Å²) in [4.78, 5) is 15.8. The van der Waals surface area contributed by atoms with Crippen LogP contribution in [0.2, 0.25) is 0 Å². The van der Waals surface area contributed by atoms with Gasteiger partial charge in [0, 0.05) is 24.4 Å². The molecule has 1 aromatic heterocycles. The number of nitrogens with one attached hydrogen (secondary N) is 1. The normalized spacial score (nSPS) is 12.6. The van der Waals surface area contributed by atoms with Crippen molar-refractivity contribution in [2.24, 2.45) is 5.92 Å². The van der Waals surface area contributed by atoms with Gasteiger partial charge in [-0.05, 0) is 18.2 Å². The first kappa shape index (κ1) is 11.9. The molecule has 90 valence electrons. The van der Waals surface area contributed by atoms with Gasteiger partial charge in [0.1, 0.15) is 5.52 Å². The maximum Gasteiger partial charge on any atom is 0.228 e. The number of nitrogens with zero attached hydrogens (tertiary/aromatic N) is 1. The molecule has 1 amide bonds. The molecule has 2 rings (SSSR count). The first-order chi connectivity index (χ1) is 8.10. The number of halogens is 1. The first-order valence-electron chi connectivity index (χ1n) is 5.34. The van der Waals surface area contributed by atoms with Crippen LogP contribution in [0.25, 0.3) is 11.1 Å². The van der Waals surface area contributed by atoms with E-state index >= 15 is 0 Å². The number of anilines is 1. The number of hydrogen-bond donors (Lipinski definition) is 1. The van der Waals surface area contributed by atoms with E-state index in [0.717, 1.165) is 5.52 Å². The Kier molecular flexibility index (Phi) is 3.33. The number of alkyl halides is 1. The van der Waals surface area contributed by atoms with Gasteiger partial charge in [0.25, 0.3) is 0 Å². The second-order valence-corrected chi connectivity index (χ2v) is 4.27. The van der Waals surface area contributed by atoms with Crippen LogP contribution in [0.3, 0.4) is 0 Å². The van der Waals surface area contributed by atoms with Gasteiger partial charge in [-0.2, -0.15) is 0 Å². The lowest BCUT2D eigenvalue weighted by Gasteiger charge is -2.08. The second kappa shape index (κ2) is 4.75. The van der Waals surface area contributed by atoms with Crippen LogP contribution in [0.15, 0.2) is 22.6 Å². The van der Waals surface area contributed by atoms with Crippen molar-refractivity contribution in [2.45, 2.75) is 13.8 Å². The summed E-state index contributed by atoms with van der Waals surface area (Å²) >= 11 is 5.62. The van der Waals surface area contributed by atoms with Crippen LogP contribution in [-0.2, 0) is 4.79 Å². The Labute approximate surface area is 104 Å². The maximum absolute atomic E-state index is 11.6. The van der Waals surface area contributed by atoms with Gasteiger partial charge in [0.15, 0.2) is 11.5 Å². The Balaban J connectivity index is 2.22. The molecule has 1 N–H and O–H groups in total. The van der Waals surface area contributed by atoms with E-state index in [0.29, 0.717) is 23.0 Å². The van der Waals surface area contributed by atoms with Crippen LogP contribution in [0, 0.1) is 12.8 Å². The third-order valence-electron chi connectivity index (χ3n) is 2.44. The minimum atomic E-state index is -0.216. The molecular formula is C12H13ClN2O2. The first-order valence-corrected chi connectivity index (χ1v) is 5.87. The summed E-state index contributed by atoms with van der Waals surface area (Å²) in [5.74, 6) is 0.598. The lowest BCUT2D eigenvalue weighted by atomic mass is 10.2. The number of fused-ring (bicyclic) bond motifs is 1. The number of benzene rings is 1. The van der Waals surface area contributed by atoms with Crippen LogP contribution in [0.5, 0.6) is 0 Å². The van der Waals surface area contributed by atoms with Gasteiger partial charge < -0.3 is 9.73 Å². The van der Waals surface area contributed by atoms with Crippen molar-refractivity contribution in [3.63, 3.8) is 0 Å². The Morgan fingerprint density at radius 1 is 1.59 bits per heavy atom. The standard InChI is InChI=1S/C12H13ClN2O2/c1-7(6-13)12(16)15-9-3-4-11-10(5-9)14-8(2)17-11/h3-5,7H,6H2,1-2H3,(H,15,16). The molecule has 4 nitrogen and oxygen atoms in total. The number of aromatic nitrogens is 1. The molecule has 1 atom stereocenters. The molecule has 1 unspecified atom stereocenters. The van der Waals surface area contributed by atoms with Crippen molar-refractivity contribution in [1.82, 2.24) is 4.98 Å². The van der Waals surface area contributed by atoms with Crippen molar-refractivity contribution < 1.29 is 9.21 Å². The molecule has 0 aliphatic heterocycles. The van der Waals surface area contributed by atoms with Gasteiger partial charge in [-0.15, -0.1) is 11.6 Å². The Hall–Kier alpha value is -1.55. The number of carbonyl (C=O) groups is 1. The summed E-state index contributed by atoms with van der Waals surface area (Å²) in [7, 11) is 0. The second-order valence-electron chi connectivity index (χ2n) is 3.96. The quantitative estimate of drug-likeness (QED) is 0.855. The molecule has 0 spiro atoms. The lowest BCUT2D eigenvalue weighted by Crippen LogP contribution is -2.21. The van der Waals surface area contributed by atoms with Crippen molar-refractivity contribution in [3.8, 4) is 0 Å². The van der Waals surface area contributed by atoms with Gasteiger partial charge in [0.05, 0.1) is 0 Å². The Bertz CT molecular complexity index is 550. The molecule has 0 saturated heterocycles. The minimum absolute atomic E-state index is 0.0976. The highest BCUT2D eigenvalue weighted by Gasteiger charge is 2.12. The third kappa shape index (κ3) is 2.58. The average Bonchev–Trinajstić information content (AvgIpc) is 2.67. The van der Waals surface area contributed by atoms with Crippen LogP contribution >= 0.6 is 11.6 Å². The van der Waals surface area contributed by atoms with E-state index < -0.39 is 0 Å². The summed E-state index contributed by atoms with van der Waals surface area (Å²) < 4.78 is 5.35. The number of hydrogen-bond acceptors (Lipinski definition) is 3. The van der Waals surface area contributed by atoms with E-state index in [9.17, 15) is 4.79 Å². The zero-order valence-corrected chi connectivity index (χ0v) is 10.4. The topological polar surface area (TPSA) is 55.1 Å². The van der Waals surface area contributed by atoms with Gasteiger partial charge in [-0.1, -0.05) is 6.92 Å². The number of carbonyl (C=O) groups excluding carboxylic acids is 1. The lowest BCUT2D eigenvalue weighted by molar-refractivity contribution is -0.118. The fraction of sp³-hybridized carbons (Fsp3) is 0.333. The zero-order valence-electron chi connectivity index (χ0n) is 9.66. The average molecular weight is 253 g/mol. The number of oxazole rings is 1. The molecule has 5 heteroatoms. The summed E-state index contributed by atoms with van der Waals surface area (Å²) in [5, 5.41) is 2.79. The molecule has 0 aliphatic rings. The molecule has 0 radical (unpaired) electrons. The minimum Gasteiger partial charge on any atom is -0.441 e. The molecule has 0 saturated carbocycles. The van der Waals surface area contributed by atoms with E-state index in [4.69, 9.17) is 16.0 Å². The summed E-state index contributed by atoms with van der Waals surface area (Å²) in [6, 6.07) is 5.35. The Morgan fingerprint density at radius 2 is 2.35 bits per heavy atom. The number of amides is 1. The zero-order chi connectivity index (χ0) is 12.4. The highest BCUT2D eigenvalue weighted by atomic mass is 35.5. The molecule has 1 aromatic carbocycles. The van der Waals surface area contributed by atoms with E-state index in [1.165, 1.54) is 0 Å². The fourth-order valence-corrected chi connectivity index (χ4v) is 1.60. The Morgan fingerprint density at radius 3 is 3.06 bits per heavy atom. The predicted molar refractivity (Wildman–Crippen MR) is 67.3 cm³/mol. The van der Waals surface area contributed by atoms with Crippen LogP contribution in [0.1, 0.15) is 12.8 Å². The summed E-state index contributed by atoms with van der Waals surface area (Å²) in [5.41, 5.74) is 2.15. The van der Waals surface area contributed by atoms with Crippen molar-refractivity contribution in [2.75, 3.05) is 11.2 Å². The summed E-state index contributed by atoms with van der Waals surface area (Å²) in [6.45, 7) is 3.56. The number of rotatable bonds is 3. The van der Waals surface area contributed by atoms with Crippen LogP contribution < -0.4 is 5.32 Å². The van der Waals surface area contributed by atoms with E-state index in [2.05, 4.69) is 10.3 Å². The fourth-order valence-electron chi connectivity index (χ4n) is 1.46. The molecular weight excluding hydrogens is 240 g/mol. The molecule has 1 heterocycles. The van der Waals surface area contributed by atoms with Crippen molar-refractivity contribution in [1.29, 1.82) is 0 Å². The highest BCUT2D eigenvalue weighted by molar-refractivity contribution is 6.19. The van der Waals surface area contributed by atoms with Crippen LogP contribution in [-0.4, -0.2) is 16.8 Å². The molecule has 0 aliphatic carbocycles. The van der Waals surface area contributed by atoms with Crippen molar-refractivity contribution >= 4 is 34.3 Å². The predicted octanol–water partition coefficient (Wildman–Crippen LogP) is 2.95. The smallest absolute Gasteiger partial charge is 0.228 e. The summed E-state index contributed by atoms with van der Waals surface area (Å²) in [6.07, 6.45) is 0. The molecule has 17 heavy (non-hydrogen) atoms. The largest absolute Gasteiger partial charge is 0.441 e. The monoisotopic (exact) mass is 252 g/mol. The van der Waals surface area contributed by atoms with Gasteiger partial charge in [-0.3, -0.25) is 4.79 Å². The molecule has 2 aromatic rings. The van der Waals surface area contributed by atoms with E-state index in [1.807, 2.05) is 0 Å². The highest BCUT2D eigenvalue weighted by Crippen LogP contribution is 2.20. The maximum atomic E-state index is 11.6. The molecule has 0 bridgehead atoms. The molecule has 0 fully saturated rings. The van der Waals surface area contributed by atoms with E-state index in [-0.39, 0.29) is 11.8 Å². The van der Waals surface area contributed by atoms with Crippen molar-refractivity contribution in [3.05, 3.63) is 24.1 Å². The SMILES string of the molecule is Cc1nc2cc(NC(=O)C(C)CCl)ccc2o1. The van der Waals surface area contributed by atoms with Gasteiger partial charge in [-0.25, -0.2) is 4.98 Å². The third-order valence-corrected chi connectivity index (χ3v) is 2.90. The van der Waals surface area contributed by atoms with Gasteiger partial charge in [0.2, 0.25) is 5.91 Å².